The van der Waals surface area contributed by atoms with Crippen LogP contribution in [0.3, 0.4) is 0 Å². The van der Waals surface area contributed by atoms with E-state index in [2.05, 4.69) is 25.4 Å². The number of hydrogen-bond donors (Lipinski definition) is 0. The van der Waals surface area contributed by atoms with E-state index in [4.69, 9.17) is 0 Å². The molecule has 0 N–H and O–H groups in total. The quantitative estimate of drug-likeness (QED) is 0.544. The Hall–Kier alpha value is -0.240. The summed E-state index contributed by atoms with van der Waals surface area (Å²) >= 11 is 1.81. The van der Waals surface area contributed by atoms with Crippen LogP contribution < -0.4 is 0 Å². The Morgan fingerprint density at radius 2 is 2.33 bits per heavy atom. The second-order valence-electron chi connectivity index (χ2n) is 2.24. The van der Waals surface area contributed by atoms with Gasteiger partial charge in [0.1, 0.15) is 0 Å². The molecule has 0 amide bonds. The lowest BCUT2D eigenvalue weighted by atomic mass is 10.3. The average molecular weight is 141 g/mol. The van der Waals surface area contributed by atoms with Gasteiger partial charge >= 0.3 is 0 Å². The van der Waals surface area contributed by atoms with Crippen molar-refractivity contribution >= 4 is 16.8 Å². The molecule has 0 saturated heterocycles. The first-order valence-electron chi connectivity index (χ1n) is 3.11. The van der Waals surface area contributed by atoms with Crippen LogP contribution >= 0.6 is 11.8 Å². The summed E-state index contributed by atoms with van der Waals surface area (Å²) in [5.41, 5.74) is 0. The van der Waals surface area contributed by atoms with Crippen LogP contribution in [-0.4, -0.2) is 16.3 Å². The van der Waals surface area contributed by atoms with Gasteiger partial charge in [0, 0.05) is 5.25 Å². The van der Waals surface area contributed by atoms with Gasteiger partial charge in [-0.1, -0.05) is 13.5 Å². The molecule has 0 fully saturated rings. The monoisotopic (exact) mass is 141 g/mol. The smallest absolute Gasteiger partial charge is 0.0905 e. The summed E-state index contributed by atoms with van der Waals surface area (Å²) < 4.78 is 0. The number of nitrogens with zero attached hydrogens (tertiary/aromatic N) is 1. The van der Waals surface area contributed by atoms with Gasteiger partial charge in [0.2, 0.25) is 0 Å². The predicted molar refractivity (Wildman–Crippen MR) is 44.1 cm³/mol. The lowest BCUT2D eigenvalue weighted by Crippen LogP contribution is -2.07. The highest BCUT2D eigenvalue weighted by molar-refractivity contribution is 8.15. The second-order valence-corrected chi connectivity index (χ2v) is 3.63. The summed E-state index contributed by atoms with van der Waals surface area (Å²) in [6, 6.07) is 0.475. The minimum Gasteiger partial charge on any atom is -0.274 e. The molecule has 0 saturated carbocycles. The molecule has 1 aliphatic heterocycles. The molecule has 0 aromatic rings. The second kappa shape index (κ2) is 2.56. The molecule has 1 aliphatic rings. The predicted octanol–water partition coefficient (Wildman–Crippen LogP) is 2.09. The van der Waals surface area contributed by atoms with Gasteiger partial charge in [0.05, 0.1) is 11.1 Å². The van der Waals surface area contributed by atoms with Crippen LogP contribution in [0, 0.1) is 0 Å². The van der Waals surface area contributed by atoms with Crippen molar-refractivity contribution in [1.82, 2.24) is 0 Å². The third-order valence-electron chi connectivity index (χ3n) is 1.49. The Kier molecular flexibility index (Phi) is 1.96. The van der Waals surface area contributed by atoms with Gasteiger partial charge in [-0.25, -0.2) is 0 Å². The van der Waals surface area contributed by atoms with Crippen molar-refractivity contribution < 1.29 is 0 Å². The lowest BCUT2D eigenvalue weighted by Gasteiger charge is -2.02. The molecule has 50 valence electrons. The van der Waals surface area contributed by atoms with Crippen molar-refractivity contribution in [3.63, 3.8) is 0 Å². The molecular formula is C7H11NS. The molecular weight excluding hydrogens is 130 g/mol. The van der Waals surface area contributed by atoms with E-state index in [9.17, 15) is 0 Å². The van der Waals surface area contributed by atoms with E-state index in [0.717, 1.165) is 5.04 Å². The van der Waals surface area contributed by atoms with Crippen molar-refractivity contribution in [2.75, 3.05) is 0 Å². The van der Waals surface area contributed by atoms with Gasteiger partial charge in [-0.15, -0.1) is 11.8 Å². The fourth-order valence-electron chi connectivity index (χ4n) is 0.726. The number of rotatable bonds is 1. The first-order valence-corrected chi connectivity index (χ1v) is 3.99. The summed E-state index contributed by atoms with van der Waals surface area (Å²) in [4.78, 5) is 4.35. The first kappa shape index (κ1) is 6.87. The zero-order valence-electron chi connectivity index (χ0n) is 5.79. The Morgan fingerprint density at radius 3 is 2.56 bits per heavy atom. The highest BCUT2D eigenvalue weighted by Gasteiger charge is 2.19. The van der Waals surface area contributed by atoms with Crippen molar-refractivity contribution in [2.24, 2.45) is 4.99 Å². The third kappa shape index (κ3) is 1.36. The molecule has 1 heterocycles. The highest BCUT2D eigenvalue weighted by atomic mass is 32.2. The van der Waals surface area contributed by atoms with Crippen molar-refractivity contribution in [3.8, 4) is 0 Å². The molecule has 2 heteroatoms. The zero-order valence-corrected chi connectivity index (χ0v) is 6.61. The van der Waals surface area contributed by atoms with Crippen LogP contribution in [0.15, 0.2) is 17.6 Å². The largest absolute Gasteiger partial charge is 0.274 e. The molecule has 0 aromatic heterocycles. The van der Waals surface area contributed by atoms with E-state index in [1.54, 1.807) is 11.8 Å². The minimum atomic E-state index is 0.475. The molecule has 0 aliphatic carbocycles. The molecule has 9 heavy (non-hydrogen) atoms. The number of hydrogen-bond acceptors (Lipinski definition) is 2. The summed E-state index contributed by atoms with van der Waals surface area (Å²) in [5.74, 6) is 0. The standard InChI is InChI=1S/C7H11NS/c1-4-7-8-5(2)6(3)9-7/h4-6H,1H2,2-3H3. The van der Waals surface area contributed by atoms with Gasteiger partial charge < -0.3 is 0 Å². The number of thioether (sulfide) groups is 1. The number of aliphatic imine (C=N–C) groups is 1. The first-order chi connectivity index (χ1) is 4.24. The van der Waals surface area contributed by atoms with E-state index < -0.39 is 0 Å². The van der Waals surface area contributed by atoms with Crippen LogP contribution in [0.2, 0.25) is 0 Å². The van der Waals surface area contributed by atoms with Crippen molar-refractivity contribution in [2.45, 2.75) is 25.1 Å². The third-order valence-corrected chi connectivity index (χ3v) is 2.77. The summed E-state index contributed by atoms with van der Waals surface area (Å²) in [6.07, 6.45) is 1.82. The van der Waals surface area contributed by atoms with Gasteiger partial charge in [-0.3, -0.25) is 4.99 Å². The Labute approximate surface area is 60.3 Å². The average Bonchev–Trinajstić information content (AvgIpc) is 2.13. The van der Waals surface area contributed by atoms with Gasteiger partial charge in [-0.05, 0) is 13.0 Å². The van der Waals surface area contributed by atoms with Crippen LogP contribution in [0.25, 0.3) is 0 Å². The van der Waals surface area contributed by atoms with Crippen molar-refractivity contribution in [3.05, 3.63) is 12.7 Å². The van der Waals surface area contributed by atoms with Crippen LogP contribution in [0.1, 0.15) is 13.8 Å². The fraction of sp³-hybridized carbons (Fsp3) is 0.571. The normalized spacial score (nSPS) is 34.2. The van der Waals surface area contributed by atoms with E-state index in [-0.39, 0.29) is 0 Å². The summed E-state index contributed by atoms with van der Waals surface area (Å²) in [6.45, 7) is 7.98. The fourth-order valence-corrected chi connectivity index (χ4v) is 1.69. The van der Waals surface area contributed by atoms with Gasteiger partial charge in [0.25, 0.3) is 0 Å². The van der Waals surface area contributed by atoms with E-state index in [0.29, 0.717) is 11.3 Å². The topological polar surface area (TPSA) is 12.4 Å². The van der Waals surface area contributed by atoms with Crippen LogP contribution in [0.4, 0.5) is 0 Å². The minimum absolute atomic E-state index is 0.475. The lowest BCUT2D eigenvalue weighted by molar-refractivity contribution is 0.750. The van der Waals surface area contributed by atoms with Crippen LogP contribution in [-0.2, 0) is 0 Å². The van der Waals surface area contributed by atoms with E-state index in [1.165, 1.54) is 0 Å². The molecule has 0 spiro atoms. The molecule has 2 unspecified atom stereocenters. The van der Waals surface area contributed by atoms with Gasteiger partial charge in [-0.2, -0.15) is 0 Å². The zero-order chi connectivity index (χ0) is 6.85. The summed E-state index contributed by atoms with van der Waals surface area (Å²) in [7, 11) is 0. The van der Waals surface area contributed by atoms with E-state index >= 15 is 0 Å². The molecule has 0 radical (unpaired) electrons. The molecule has 1 rings (SSSR count). The van der Waals surface area contributed by atoms with Gasteiger partial charge in [0.15, 0.2) is 0 Å². The Morgan fingerprint density at radius 1 is 1.67 bits per heavy atom. The SMILES string of the molecule is C=CC1=NC(C)C(C)S1. The molecule has 2 atom stereocenters. The Balaban J connectivity index is 2.62. The Bertz CT molecular complexity index is 151. The molecule has 0 bridgehead atoms. The summed E-state index contributed by atoms with van der Waals surface area (Å²) in [5, 5.41) is 1.73. The maximum atomic E-state index is 4.35. The maximum Gasteiger partial charge on any atom is 0.0905 e. The van der Waals surface area contributed by atoms with E-state index in [1.807, 2.05) is 6.08 Å². The maximum absolute atomic E-state index is 4.35. The molecule has 0 aromatic carbocycles. The van der Waals surface area contributed by atoms with Crippen molar-refractivity contribution in [1.29, 1.82) is 0 Å². The highest BCUT2D eigenvalue weighted by Crippen LogP contribution is 2.26. The van der Waals surface area contributed by atoms with Crippen LogP contribution in [0.5, 0.6) is 0 Å². The molecule has 1 nitrogen and oxygen atoms in total.